The summed E-state index contributed by atoms with van der Waals surface area (Å²) in [5.74, 6) is -1.68. The van der Waals surface area contributed by atoms with Crippen molar-refractivity contribution in [2.75, 3.05) is 0 Å². The molecule has 0 aliphatic rings. The molecule has 0 spiro atoms. The fourth-order valence-electron chi connectivity index (χ4n) is 3.92. The number of benzene rings is 2. The first-order chi connectivity index (χ1) is 14.7. The van der Waals surface area contributed by atoms with Gasteiger partial charge in [-0.25, -0.2) is 4.39 Å². The molecule has 164 valence electrons. The van der Waals surface area contributed by atoms with E-state index in [1.807, 2.05) is 19.1 Å². The maximum atomic E-state index is 13.5. The van der Waals surface area contributed by atoms with E-state index in [1.54, 1.807) is 24.3 Å². The Labute approximate surface area is 209 Å². The summed E-state index contributed by atoms with van der Waals surface area (Å²) in [4.78, 5) is 10.6. The Morgan fingerprint density at radius 3 is 2.41 bits per heavy atom. The fourth-order valence-corrected chi connectivity index (χ4v) is 3.92. The van der Waals surface area contributed by atoms with E-state index in [9.17, 15) is 24.5 Å². The van der Waals surface area contributed by atoms with Gasteiger partial charge in [0.25, 0.3) is 0 Å². The Kier molecular flexibility index (Phi) is 9.25. The zero-order valence-corrected chi connectivity index (χ0v) is 20.9. The summed E-state index contributed by atoms with van der Waals surface area (Å²) in [6, 6.07) is 12.6. The molecule has 1 heterocycles. The van der Waals surface area contributed by atoms with Gasteiger partial charge in [0.2, 0.25) is 0 Å². The van der Waals surface area contributed by atoms with Crippen molar-refractivity contribution in [2.45, 2.75) is 51.9 Å². The summed E-state index contributed by atoms with van der Waals surface area (Å²) < 4.78 is 15.7. The molecule has 2 N–H and O–H groups in total. The number of aryl methyl sites for hydroxylation is 1. The Morgan fingerprint density at radius 2 is 1.81 bits per heavy atom. The summed E-state index contributed by atoms with van der Waals surface area (Å²) in [6.07, 6.45) is 0.459. The number of carbonyl (C=O) groups is 1. The number of hydrogen-bond acceptors (Lipinski definition) is 4. The number of carboxylic acids is 1. The van der Waals surface area contributed by atoms with Crippen molar-refractivity contribution in [1.82, 2.24) is 4.57 Å². The van der Waals surface area contributed by atoms with E-state index in [0.717, 1.165) is 33.3 Å². The van der Waals surface area contributed by atoms with Crippen molar-refractivity contribution < 1.29 is 54.1 Å². The second kappa shape index (κ2) is 11.3. The molecule has 0 aliphatic carbocycles. The molecule has 1 aromatic heterocycles. The molecule has 7 heteroatoms. The van der Waals surface area contributed by atoms with Crippen LogP contribution in [-0.4, -0.2) is 33.0 Å². The van der Waals surface area contributed by atoms with Crippen LogP contribution in [0.25, 0.3) is 28.1 Å². The van der Waals surface area contributed by atoms with Gasteiger partial charge in [0.1, 0.15) is 5.82 Å². The van der Waals surface area contributed by atoms with Gasteiger partial charge in [-0.05, 0) is 56.2 Å². The molecule has 0 bridgehead atoms. The van der Waals surface area contributed by atoms with Crippen molar-refractivity contribution in [3.8, 4) is 11.1 Å². The van der Waals surface area contributed by atoms with Gasteiger partial charge in [0.15, 0.2) is 0 Å². The van der Waals surface area contributed by atoms with E-state index >= 15 is 0 Å². The second-order valence-electron chi connectivity index (χ2n) is 8.14. The van der Waals surface area contributed by atoms with E-state index in [0.29, 0.717) is 0 Å². The average molecular weight is 447 g/mol. The van der Waals surface area contributed by atoms with Gasteiger partial charge in [0.05, 0.1) is 12.2 Å². The fraction of sp³-hybridized carbons (Fsp3) is 0.320. The molecular weight excluding hydrogens is 420 g/mol. The Morgan fingerprint density at radius 1 is 1.16 bits per heavy atom. The topological polar surface area (TPSA) is 85.5 Å². The molecule has 2 atom stereocenters. The van der Waals surface area contributed by atoms with E-state index in [1.165, 1.54) is 12.1 Å². The maximum absolute atomic E-state index is 13.5. The van der Waals surface area contributed by atoms with Crippen molar-refractivity contribution in [3.05, 3.63) is 65.6 Å². The number of rotatable bonds is 8. The van der Waals surface area contributed by atoms with Gasteiger partial charge < -0.3 is 24.7 Å². The molecule has 2 aromatic carbocycles. The molecule has 32 heavy (non-hydrogen) atoms. The Balaban J connectivity index is 0.00000363. The van der Waals surface area contributed by atoms with Crippen molar-refractivity contribution in [1.29, 1.82) is 0 Å². The summed E-state index contributed by atoms with van der Waals surface area (Å²) in [7, 11) is 0. The first kappa shape index (κ1) is 26.3. The van der Waals surface area contributed by atoms with Crippen molar-refractivity contribution >= 4 is 22.9 Å². The number of hydrogen-bond donors (Lipinski definition) is 2. The summed E-state index contributed by atoms with van der Waals surface area (Å²) in [5, 5.41) is 31.8. The molecule has 0 saturated heterocycles. The number of aliphatic hydroxyl groups is 2. The monoisotopic (exact) mass is 447 g/mol. The van der Waals surface area contributed by atoms with Crippen molar-refractivity contribution in [2.24, 2.45) is 0 Å². The molecule has 3 aromatic rings. The number of nitrogens with zero attached hydrogens (tertiary/aromatic N) is 1. The Hall–Kier alpha value is -1.96. The normalized spacial score (nSPS) is 13.5. The van der Waals surface area contributed by atoms with Crippen LogP contribution >= 0.6 is 0 Å². The molecule has 0 amide bonds. The summed E-state index contributed by atoms with van der Waals surface area (Å²) in [6.45, 7) is 6.15. The predicted molar refractivity (Wildman–Crippen MR) is 118 cm³/mol. The zero-order chi connectivity index (χ0) is 22.7. The minimum atomic E-state index is -1.36. The van der Waals surface area contributed by atoms with Crippen LogP contribution in [0.3, 0.4) is 0 Å². The van der Waals surface area contributed by atoms with Crippen LogP contribution in [0.1, 0.15) is 44.0 Å². The van der Waals surface area contributed by atoms with Gasteiger partial charge >= 0.3 is 29.6 Å². The molecule has 0 unspecified atom stereocenters. The predicted octanol–water partition coefficient (Wildman–Crippen LogP) is 0.606. The first-order valence-electron chi connectivity index (χ1n) is 10.3. The van der Waals surface area contributed by atoms with Gasteiger partial charge in [-0.15, -0.1) is 0 Å². The van der Waals surface area contributed by atoms with E-state index in [-0.39, 0.29) is 47.8 Å². The average Bonchev–Trinajstić information content (AvgIpc) is 2.99. The van der Waals surface area contributed by atoms with Crippen LogP contribution in [0, 0.1) is 12.7 Å². The third-order valence-corrected chi connectivity index (χ3v) is 5.24. The largest absolute Gasteiger partial charge is 1.00 e. The third kappa shape index (κ3) is 6.09. The van der Waals surface area contributed by atoms with Crippen LogP contribution in [-0.2, 0) is 4.79 Å². The van der Waals surface area contributed by atoms with Crippen LogP contribution in [0.5, 0.6) is 0 Å². The zero-order valence-electron chi connectivity index (χ0n) is 18.9. The van der Waals surface area contributed by atoms with Crippen LogP contribution in [0.2, 0.25) is 0 Å². The number of fused-ring (bicyclic) bond motifs is 1. The molecule has 0 radical (unpaired) electrons. The third-order valence-electron chi connectivity index (χ3n) is 5.24. The minimum Gasteiger partial charge on any atom is -0.550 e. The first-order valence-corrected chi connectivity index (χ1v) is 10.3. The Bertz CT molecular complexity index is 1110. The molecule has 5 nitrogen and oxygen atoms in total. The second-order valence-corrected chi connectivity index (χ2v) is 8.14. The molecular formula is C25H27FNNaO4. The van der Waals surface area contributed by atoms with Gasteiger partial charge in [0, 0.05) is 47.0 Å². The maximum Gasteiger partial charge on any atom is 1.00 e. The van der Waals surface area contributed by atoms with Gasteiger partial charge in [-0.1, -0.05) is 30.3 Å². The van der Waals surface area contributed by atoms with Crippen LogP contribution in [0.15, 0.2) is 48.5 Å². The van der Waals surface area contributed by atoms with E-state index < -0.39 is 24.6 Å². The molecule has 0 saturated carbocycles. The van der Waals surface area contributed by atoms with Crippen LogP contribution < -0.4 is 34.7 Å². The van der Waals surface area contributed by atoms with Crippen molar-refractivity contribution in [3.63, 3.8) is 0 Å². The van der Waals surface area contributed by atoms with Crippen LogP contribution in [0.4, 0.5) is 4.39 Å². The summed E-state index contributed by atoms with van der Waals surface area (Å²) in [5.41, 5.74) is 4.75. The SMILES string of the molecule is Cc1ccc2c(-c3ccc(F)cc3)c(/C=C/[C@@H](O)C[C@@H](O)CC(=O)[O-])n(C(C)C)c2c1.[Na+]. The number of carboxylic acid groups (broad SMARTS) is 1. The number of aliphatic carboxylic acids is 1. The quantitative estimate of drug-likeness (QED) is 0.496. The summed E-state index contributed by atoms with van der Waals surface area (Å²) >= 11 is 0. The molecule has 0 fully saturated rings. The molecule has 0 aliphatic heterocycles. The molecule has 3 rings (SSSR count). The number of aliphatic hydroxyl groups excluding tert-OH is 2. The van der Waals surface area contributed by atoms with E-state index in [2.05, 4.69) is 24.5 Å². The van der Waals surface area contributed by atoms with Gasteiger partial charge in [-0.2, -0.15) is 0 Å². The number of halogens is 1. The minimum absolute atomic E-state index is 0. The number of aromatic nitrogens is 1. The van der Waals surface area contributed by atoms with E-state index in [4.69, 9.17) is 0 Å². The standard InChI is InChI=1S/C25H28FNO4.Na/c1-15(2)27-22(11-9-19(28)13-20(29)14-24(30)31)25(17-5-7-18(26)8-6-17)21-10-4-16(3)12-23(21)27;/h4-12,15,19-20,28-29H,13-14H2,1-3H3,(H,30,31);/q;+1/p-1/b11-9+;/t19-,20-;/m1./s1. The number of carbonyl (C=O) groups excluding carboxylic acids is 1. The van der Waals surface area contributed by atoms with Gasteiger partial charge in [-0.3, -0.25) is 0 Å². The smallest absolute Gasteiger partial charge is 0.550 e.